The first-order valence-corrected chi connectivity index (χ1v) is 15.0. The molecule has 2 fully saturated rings. The van der Waals surface area contributed by atoms with Gasteiger partial charge in [0.15, 0.2) is 9.84 Å². The zero-order valence-electron chi connectivity index (χ0n) is 20.6. The molecular weight excluding hydrogens is 537 g/mol. The molecule has 4 atom stereocenters. The van der Waals surface area contributed by atoms with E-state index in [4.69, 9.17) is 27.9 Å². The van der Waals surface area contributed by atoms with E-state index in [1.165, 1.54) is 0 Å². The fourth-order valence-corrected chi connectivity index (χ4v) is 8.03. The first kappa shape index (κ1) is 27.9. The molecule has 37 heavy (non-hydrogen) atoms. The number of carboxylic acid groups (broad SMARTS) is 1. The molecule has 200 valence electrons. The number of hydrogen-bond acceptors (Lipinski definition) is 5. The van der Waals surface area contributed by atoms with E-state index in [-0.39, 0.29) is 5.75 Å². The lowest BCUT2D eigenvalue weighted by Gasteiger charge is -2.48. The number of carbonyl (C=O) groups is 2. The predicted octanol–water partition coefficient (Wildman–Crippen LogP) is 5.61. The lowest BCUT2D eigenvalue weighted by molar-refractivity contribution is -0.182. The number of rotatable bonds is 9. The van der Waals surface area contributed by atoms with Gasteiger partial charge in [0, 0.05) is 16.1 Å². The van der Waals surface area contributed by atoms with Crippen LogP contribution in [-0.2, 0) is 24.2 Å². The zero-order valence-corrected chi connectivity index (χ0v) is 22.9. The Balaban J connectivity index is 1.83. The largest absolute Gasteiger partial charge is 0.481 e. The normalized spacial score (nSPS) is 23.8. The lowest BCUT2D eigenvalue weighted by Crippen LogP contribution is -2.56. The number of benzene rings is 2. The van der Waals surface area contributed by atoms with Gasteiger partial charge in [-0.15, -0.1) is 0 Å². The molecular formula is C27H31Cl2NO6S. The summed E-state index contributed by atoms with van der Waals surface area (Å²) in [5.41, 5.74) is 1.36. The van der Waals surface area contributed by atoms with Gasteiger partial charge in [-0.3, -0.25) is 9.59 Å². The van der Waals surface area contributed by atoms with Crippen LogP contribution in [0.15, 0.2) is 48.5 Å². The van der Waals surface area contributed by atoms with Gasteiger partial charge >= 0.3 is 5.97 Å². The molecule has 7 nitrogen and oxygen atoms in total. The molecule has 1 aliphatic carbocycles. The Bertz CT molecular complexity index is 1230. The second-order valence-electron chi connectivity index (χ2n) is 9.74. The summed E-state index contributed by atoms with van der Waals surface area (Å²) in [6.45, 7) is 1.84. The summed E-state index contributed by atoms with van der Waals surface area (Å²) >= 11 is 12.4. The average molecular weight is 569 g/mol. The minimum Gasteiger partial charge on any atom is -0.481 e. The molecule has 1 saturated heterocycles. The number of carboxylic acids is 1. The van der Waals surface area contributed by atoms with Crippen molar-refractivity contribution in [3.63, 3.8) is 0 Å². The second-order valence-corrected chi connectivity index (χ2v) is 12.9. The summed E-state index contributed by atoms with van der Waals surface area (Å²) < 4.78 is 33.0. The molecule has 2 aliphatic rings. The van der Waals surface area contributed by atoms with Crippen molar-refractivity contribution in [1.82, 2.24) is 4.90 Å². The topological polar surface area (TPSA) is 101 Å². The summed E-state index contributed by atoms with van der Waals surface area (Å²) in [7, 11) is -3.48. The first-order valence-electron chi connectivity index (χ1n) is 12.5. The van der Waals surface area contributed by atoms with Crippen LogP contribution in [-0.4, -0.2) is 53.4 Å². The van der Waals surface area contributed by atoms with Crippen molar-refractivity contribution in [2.24, 2.45) is 0 Å². The standard InChI is InChI=1S/C27H31Cl2NO6S/c1-2-21(16-37(34,35)22-8-3-4-9-22)30-25(17-10-12-19(28)13-11-17)26(18-6-5-7-20(29)14-18)36-23(27(30)33)15-24(31)32/h5-7,10-14,21-23,25-26H,2-4,8-9,15-16H2,1H3,(H,31,32)/t21?,23-,25+,26?/m0/s1. The number of carbonyl (C=O) groups excluding carboxylic acids is 1. The van der Waals surface area contributed by atoms with Crippen LogP contribution in [0.3, 0.4) is 0 Å². The van der Waals surface area contributed by atoms with Crippen molar-refractivity contribution < 1.29 is 27.9 Å². The summed E-state index contributed by atoms with van der Waals surface area (Å²) in [6, 6.07) is 12.6. The number of sulfone groups is 1. The van der Waals surface area contributed by atoms with Crippen molar-refractivity contribution in [3.8, 4) is 0 Å². The van der Waals surface area contributed by atoms with Gasteiger partial charge in [0.1, 0.15) is 12.2 Å². The molecule has 2 aromatic carbocycles. The van der Waals surface area contributed by atoms with Gasteiger partial charge in [0.25, 0.3) is 5.91 Å². The van der Waals surface area contributed by atoms with Crippen molar-refractivity contribution >= 4 is 44.9 Å². The van der Waals surface area contributed by atoms with Crippen LogP contribution in [0, 0.1) is 0 Å². The number of amides is 1. The minimum atomic E-state index is -3.48. The monoisotopic (exact) mass is 567 g/mol. The maximum Gasteiger partial charge on any atom is 0.306 e. The van der Waals surface area contributed by atoms with Gasteiger partial charge in [-0.2, -0.15) is 0 Å². The number of morpholine rings is 1. The summed E-state index contributed by atoms with van der Waals surface area (Å²) in [5.74, 6) is -1.90. The Morgan fingerprint density at radius 3 is 2.35 bits per heavy atom. The van der Waals surface area contributed by atoms with Crippen LogP contribution in [0.1, 0.15) is 68.7 Å². The Morgan fingerprint density at radius 1 is 1.08 bits per heavy atom. The van der Waals surface area contributed by atoms with Crippen molar-refractivity contribution in [3.05, 3.63) is 69.7 Å². The van der Waals surface area contributed by atoms with Gasteiger partial charge < -0.3 is 14.7 Å². The van der Waals surface area contributed by atoms with Crippen molar-refractivity contribution in [1.29, 1.82) is 0 Å². The molecule has 0 aromatic heterocycles. The Hall–Kier alpha value is -2.13. The van der Waals surface area contributed by atoms with Crippen LogP contribution in [0.25, 0.3) is 0 Å². The van der Waals surface area contributed by atoms with E-state index in [1.54, 1.807) is 47.4 Å². The SMILES string of the molecule is CCC(CS(=O)(=O)C1CCCC1)N1C(=O)[C@H](CC(=O)O)OC(c2cccc(Cl)c2)[C@H]1c1ccc(Cl)cc1. The molecule has 0 spiro atoms. The van der Waals surface area contributed by atoms with E-state index in [0.717, 1.165) is 12.8 Å². The predicted molar refractivity (Wildman–Crippen MR) is 142 cm³/mol. The first-order chi connectivity index (χ1) is 17.6. The fourth-order valence-electron chi connectivity index (χ4n) is 5.45. The van der Waals surface area contributed by atoms with Crippen LogP contribution >= 0.6 is 23.2 Å². The van der Waals surface area contributed by atoms with Crippen molar-refractivity contribution in [2.75, 3.05) is 5.75 Å². The maximum absolute atomic E-state index is 13.9. The molecule has 1 N–H and O–H groups in total. The van der Waals surface area contributed by atoms with Gasteiger partial charge in [0.05, 0.1) is 23.5 Å². The number of aliphatic carboxylic acids is 1. The second kappa shape index (κ2) is 11.7. The molecule has 10 heteroatoms. The van der Waals surface area contributed by atoms with E-state index in [9.17, 15) is 23.1 Å². The van der Waals surface area contributed by atoms with Gasteiger partial charge in [-0.05, 0) is 54.7 Å². The number of hydrogen-bond donors (Lipinski definition) is 1. The summed E-state index contributed by atoms with van der Waals surface area (Å²) in [5, 5.41) is 10.1. The van der Waals surface area contributed by atoms with Crippen LogP contribution in [0.4, 0.5) is 0 Å². The molecule has 1 heterocycles. The Labute approximate surface area is 227 Å². The molecule has 1 aliphatic heterocycles. The fraction of sp³-hybridized carbons (Fsp3) is 0.481. The van der Waals surface area contributed by atoms with Crippen LogP contribution in [0.2, 0.25) is 10.0 Å². The minimum absolute atomic E-state index is 0.188. The van der Waals surface area contributed by atoms with E-state index in [0.29, 0.717) is 40.4 Å². The highest BCUT2D eigenvalue weighted by molar-refractivity contribution is 7.92. The molecule has 2 aromatic rings. The Kier molecular flexibility index (Phi) is 8.84. The zero-order chi connectivity index (χ0) is 26.7. The van der Waals surface area contributed by atoms with E-state index >= 15 is 0 Å². The third-order valence-corrected chi connectivity index (χ3v) is 10.1. The smallest absolute Gasteiger partial charge is 0.306 e. The third-order valence-electron chi connectivity index (χ3n) is 7.28. The molecule has 2 unspecified atom stereocenters. The molecule has 0 radical (unpaired) electrons. The quantitative estimate of drug-likeness (QED) is 0.422. The van der Waals surface area contributed by atoms with Crippen molar-refractivity contribution in [2.45, 2.75) is 75.0 Å². The van der Waals surface area contributed by atoms with Gasteiger partial charge in [0.2, 0.25) is 0 Å². The maximum atomic E-state index is 13.9. The van der Waals surface area contributed by atoms with Crippen LogP contribution < -0.4 is 0 Å². The Morgan fingerprint density at radius 2 is 1.76 bits per heavy atom. The highest BCUT2D eigenvalue weighted by Gasteiger charge is 2.48. The van der Waals surface area contributed by atoms with E-state index in [2.05, 4.69) is 0 Å². The molecule has 1 saturated carbocycles. The number of nitrogens with zero attached hydrogens (tertiary/aromatic N) is 1. The van der Waals surface area contributed by atoms with Gasteiger partial charge in [-0.25, -0.2) is 8.42 Å². The highest BCUT2D eigenvalue weighted by atomic mass is 35.5. The molecule has 4 rings (SSSR count). The van der Waals surface area contributed by atoms with E-state index < -0.39 is 57.7 Å². The lowest BCUT2D eigenvalue weighted by atomic mass is 9.89. The third kappa shape index (κ3) is 6.30. The number of halogens is 2. The molecule has 1 amide bonds. The summed E-state index contributed by atoms with van der Waals surface area (Å²) in [4.78, 5) is 27.1. The molecule has 0 bridgehead atoms. The van der Waals surface area contributed by atoms with Gasteiger partial charge in [-0.1, -0.05) is 67.2 Å². The van der Waals surface area contributed by atoms with Crippen LogP contribution in [0.5, 0.6) is 0 Å². The highest BCUT2D eigenvalue weighted by Crippen LogP contribution is 2.45. The van der Waals surface area contributed by atoms with E-state index in [1.807, 2.05) is 13.0 Å². The average Bonchev–Trinajstić information content (AvgIpc) is 3.40. The summed E-state index contributed by atoms with van der Waals surface area (Å²) in [6.07, 6.45) is 0.810. The number of ether oxygens (including phenoxy) is 1.